The molecule has 0 spiro atoms. The van der Waals surface area contributed by atoms with Crippen molar-refractivity contribution in [2.24, 2.45) is 4.99 Å². The van der Waals surface area contributed by atoms with Gasteiger partial charge in [-0.25, -0.2) is 0 Å². The van der Waals surface area contributed by atoms with Gasteiger partial charge in [0.05, 0.1) is 26.3 Å². The summed E-state index contributed by atoms with van der Waals surface area (Å²) in [6, 6.07) is 0. The van der Waals surface area contributed by atoms with Crippen LogP contribution in [0, 0.1) is 0 Å². The SMILES string of the molecule is CCNC(=NCC(C)SC)N1CCN(CC(=O)N2CCOCC2)CC1. The van der Waals surface area contributed by atoms with E-state index in [1.165, 1.54) is 0 Å². The Morgan fingerprint density at radius 1 is 1.16 bits per heavy atom. The zero-order valence-corrected chi connectivity index (χ0v) is 16.7. The third-order valence-electron chi connectivity index (χ3n) is 4.63. The van der Waals surface area contributed by atoms with Gasteiger partial charge in [-0.2, -0.15) is 11.8 Å². The van der Waals surface area contributed by atoms with Gasteiger partial charge in [0.1, 0.15) is 0 Å². The molecule has 2 rings (SSSR count). The Labute approximate surface area is 156 Å². The van der Waals surface area contributed by atoms with Crippen molar-refractivity contribution in [3.8, 4) is 0 Å². The first kappa shape index (κ1) is 20.3. The molecule has 0 radical (unpaired) electrons. The zero-order valence-electron chi connectivity index (χ0n) is 15.9. The minimum absolute atomic E-state index is 0.228. The second-order valence-electron chi connectivity index (χ2n) is 6.50. The van der Waals surface area contributed by atoms with Gasteiger partial charge in [0.2, 0.25) is 5.91 Å². The van der Waals surface area contributed by atoms with E-state index in [2.05, 4.69) is 35.2 Å². The van der Waals surface area contributed by atoms with Crippen molar-refractivity contribution in [1.82, 2.24) is 20.0 Å². The zero-order chi connectivity index (χ0) is 18.1. The molecule has 7 nitrogen and oxygen atoms in total. The molecule has 1 atom stereocenters. The Morgan fingerprint density at radius 3 is 2.44 bits per heavy atom. The lowest BCUT2D eigenvalue weighted by atomic mass is 10.3. The molecule has 1 N–H and O–H groups in total. The summed E-state index contributed by atoms with van der Waals surface area (Å²) < 4.78 is 5.32. The van der Waals surface area contributed by atoms with E-state index in [-0.39, 0.29) is 5.91 Å². The molecule has 2 aliphatic rings. The van der Waals surface area contributed by atoms with E-state index in [0.717, 1.165) is 58.3 Å². The fourth-order valence-electron chi connectivity index (χ4n) is 2.94. The lowest BCUT2D eigenvalue weighted by Crippen LogP contribution is -2.55. The number of thioether (sulfide) groups is 1. The summed E-state index contributed by atoms with van der Waals surface area (Å²) in [6.07, 6.45) is 2.12. The van der Waals surface area contributed by atoms with Crippen molar-refractivity contribution in [3.05, 3.63) is 0 Å². The third-order valence-corrected chi connectivity index (χ3v) is 5.58. The average Bonchev–Trinajstić information content (AvgIpc) is 2.66. The number of hydrogen-bond donors (Lipinski definition) is 1. The standard InChI is InChI=1S/C17H33N5O2S/c1-4-18-17(19-13-15(2)25-3)22-7-5-20(6-8-22)14-16(23)21-9-11-24-12-10-21/h15H,4-14H2,1-3H3,(H,18,19). The number of guanidine groups is 1. The van der Waals surface area contributed by atoms with Gasteiger partial charge in [-0.1, -0.05) is 6.92 Å². The summed E-state index contributed by atoms with van der Waals surface area (Å²) in [7, 11) is 0. The molecule has 0 aromatic rings. The summed E-state index contributed by atoms with van der Waals surface area (Å²) in [4.78, 5) is 23.6. The lowest BCUT2D eigenvalue weighted by Gasteiger charge is -2.37. The quantitative estimate of drug-likeness (QED) is 0.531. The fraction of sp³-hybridized carbons (Fsp3) is 0.882. The van der Waals surface area contributed by atoms with Crippen LogP contribution in [0.2, 0.25) is 0 Å². The molecule has 144 valence electrons. The van der Waals surface area contributed by atoms with Crippen LogP contribution in [0.1, 0.15) is 13.8 Å². The number of morpholine rings is 1. The minimum atomic E-state index is 0.228. The molecule has 2 heterocycles. The Bertz CT molecular complexity index is 435. The van der Waals surface area contributed by atoms with Gasteiger partial charge in [0, 0.05) is 51.1 Å². The molecular weight excluding hydrogens is 338 g/mol. The van der Waals surface area contributed by atoms with E-state index in [1.807, 2.05) is 16.7 Å². The highest BCUT2D eigenvalue weighted by Crippen LogP contribution is 2.07. The Hall–Kier alpha value is -0.990. The number of carbonyl (C=O) groups is 1. The Kier molecular flexibility index (Phi) is 8.84. The molecule has 25 heavy (non-hydrogen) atoms. The first-order valence-electron chi connectivity index (χ1n) is 9.28. The number of rotatable bonds is 6. The van der Waals surface area contributed by atoms with Crippen molar-refractivity contribution in [1.29, 1.82) is 0 Å². The van der Waals surface area contributed by atoms with E-state index < -0.39 is 0 Å². The normalized spacial score (nSPS) is 21.3. The predicted molar refractivity (Wildman–Crippen MR) is 104 cm³/mol. The Morgan fingerprint density at radius 2 is 1.84 bits per heavy atom. The Balaban J connectivity index is 1.79. The third kappa shape index (κ3) is 6.67. The number of aliphatic imine (C=N–C) groups is 1. The molecule has 0 aromatic heterocycles. The highest BCUT2D eigenvalue weighted by molar-refractivity contribution is 7.99. The van der Waals surface area contributed by atoms with Gasteiger partial charge in [0.25, 0.3) is 0 Å². The van der Waals surface area contributed by atoms with Crippen LogP contribution in [0.3, 0.4) is 0 Å². The molecule has 0 aromatic carbocycles. The molecule has 1 amide bonds. The van der Waals surface area contributed by atoms with Crippen molar-refractivity contribution in [3.63, 3.8) is 0 Å². The molecule has 2 fully saturated rings. The van der Waals surface area contributed by atoms with Gasteiger partial charge in [-0.05, 0) is 13.2 Å². The maximum atomic E-state index is 12.4. The number of nitrogens with zero attached hydrogens (tertiary/aromatic N) is 4. The van der Waals surface area contributed by atoms with E-state index in [0.29, 0.717) is 25.0 Å². The fourth-order valence-corrected chi connectivity index (χ4v) is 3.16. The molecule has 2 saturated heterocycles. The van der Waals surface area contributed by atoms with Gasteiger partial charge in [-0.3, -0.25) is 14.7 Å². The van der Waals surface area contributed by atoms with E-state index in [4.69, 9.17) is 9.73 Å². The molecule has 2 aliphatic heterocycles. The molecule has 1 unspecified atom stereocenters. The lowest BCUT2D eigenvalue weighted by molar-refractivity contribution is -0.136. The van der Waals surface area contributed by atoms with E-state index in [1.54, 1.807) is 0 Å². The molecular formula is C17H33N5O2S. The summed E-state index contributed by atoms with van der Waals surface area (Å²) in [5, 5.41) is 3.93. The maximum Gasteiger partial charge on any atom is 0.236 e. The van der Waals surface area contributed by atoms with E-state index >= 15 is 0 Å². The average molecular weight is 372 g/mol. The van der Waals surface area contributed by atoms with Crippen molar-refractivity contribution in [2.75, 3.05) is 78.4 Å². The monoisotopic (exact) mass is 371 g/mol. The van der Waals surface area contributed by atoms with Crippen LogP contribution >= 0.6 is 11.8 Å². The van der Waals surface area contributed by atoms with Crippen molar-refractivity contribution >= 4 is 23.6 Å². The number of piperazine rings is 1. The van der Waals surface area contributed by atoms with Gasteiger partial charge in [0.15, 0.2) is 5.96 Å². The summed E-state index contributed by atoms with van der Waals surface area (Å²) in [6.45, 7) is 12.9. The second kappa shape index (κ2) is 10.9. The van der Waals surface area contributed by atoms with Gasteiger partial charge < -0.3 is 19.9 Å². The number of hydrogen-bond acceptors (Lipinski definition) is 5. The first-order valence-corrected chi connectivity index (χ1v) is 10.6. The largest absolute Gasteiger partial charge is 0.378 e. The van der Waals surface area contributed by atoms with Crippen LogP contribution in [0.5, 0.6) is 0 Å². The van der Waals surface area contributed by atoms with E-state index in [9.17, 15) is 4.79 Å². The number of carbonyl (C=O) groups excluding carboxylic acids is 1. The number of nitrogens with one attached hydrogen (secondary N) is 1. The van der Waals surface area contributed by atoms with Crippen molar-refractivity contribution < 1.29 is 9.53 Å². The van der Waals surface area contributed by atoms with Crippen LogP contribution in [0.15, 0.2) is 4.99 Å². The molecule has 0 saturated carbocycles. The van der Waals surface area contributed by atoms with Crippen LogP contribution in [-0.2, 0) is 9.53 Å². The highest BCUT2D eigenvalue weighted by Gasteiger charge is 2.24. The van der Waals surface area contributed by atoms with Crippen molar-refractivity contribution in [2.45, 2.75) is 19.1 Å². The number of amides is 1. The van der Waals surface area contributed by atoms with Crippen LogP contribution in [0.4, 0.5) is 0 Å². The van der Waals surface area contributed by atoms with Gasteiger partial charge >= 0.3 is 0 Å². The smallest absolute Gasteiger partial charge is 0.236 e. The maximum absolute atomic E-state index is 12.4. The highest BCUT2D eigenvalue weighted by atomic mass is 32.2. The van der Waals surface area contributed by atoms with Gasteiger partial charge in [-0.15, -0.1) is 0 Å². The second-order valence-corrected chi connectivity index (χ2v) is 7.77. The van der Waals surface area contributed by atoms with Crippen LogP contribution in [-0.4, -0.2) is 110 Å². The predicted octanol–water partition coefficient (Wildman–Crippen LogP) is 0.180. The first-order chi connectivity index (χ1) is 12.1. The minimum Gasteiger partial charge on any atom is -0.378 e. The van der Waals surface area contributed by atoms with Crippen LogP contribution in [0.25, 0.3) is 0 Å². The summed E-state index contributed by atoms with van der Waals surface area (Å²) in [5.74, 6) is 1.23. The molecule has 0 aliphatic carbocycles. The summed E-state index contributed by atoms with van der Waals surface area (Å²) in [5.41, 5.74) is 0. The van der Waals surface area contributed by atoms with Crippen LogP contribution < -0.4 is 5.32 Å². The molecule has 0 bridgehead atoms. The number of ether oxygens (including phenoxy) is 1. The summed E-state index contributed by atoms with van der Waals surface area (Å²) >= 11 is 1.84. The topological polar surface area (TPSA) is 60.4 Å². The molecule has 8 heteroatoms.